The highest BCUT2D eigenvalue weighted by molar-refractivity contribution is 6.20. The van der Waals surface area contributed by atoms with Gasteiger partial charge in [-0.1, -0.05) is 12.1 Å². The lowest BCUT2D eigenvalue weighted by molar-refractivity contribution is 0.715. The first kappa shape index (κ1) is 10.3. The summed E-state index contributed by atoms with van der Waals surface area (Å²) >= 11 is 6.15. The Bertz CT molecular complexity index is 246. The molecule has 2 heteroatoms. The molecule has 0 N–H and O–H groups in total. The van der Waals surface area contributed by atoms with Crippen LogP contribution in [-0.2, 0) is 0 Å². The summed E-state index contributed by atoms with van der Waals surface area (Å²) in [6, 6.07) is 5.83. The number of pyridine rings is 1. The number of aromatic nitrogens is 1. The van der Waals surface area contributed by atoms with Crippen LogP contribution in [0.15, 0.2) is 37.1 Å². The van der Waals surface area contributed by atoms with Crippen molar-refractivity contribution in [2.75, 3.05) is 0 Å². The molecule has 13 heavy (non-hydrogen) atoms. The van der Waals surface area contributed by atoms with Gasteiger partial charge in [0.05, 0.1) is 11.1 Å². The molecule has 1 aromatic rings. The Morgan fingerprint density at radius 2 is 2.38 bits per heavy atom. The van der Waals surface area contributed by atoms with E-state index in [-0.39, 0.29) is 5.38 Å². The lowest BCUT2D eigenvalue weighted by atomic mass is 10.1. The average Bonchev–Trinajstić information content (AvgIpc) is 2.19. The van der Waals surface area contributed by atoms with Crippen molar-refractivity contribution in [2.24, 2.45) is 0 Å². The third-order valence-corrected chi connectivity index (χ3v) is 2.32. The number of halogens is 1. The molecule has 0 aliphatic heterocycles. The molecule has 1 aromatic heterocycles. The van der Waals surface area contributed by atoms with Gasteiger partial charge in [0, 0.05) is 6.20 Å². The Morgan fingerprint density at radius 1 is 1.54 bits per heavy atom. The van der Waals surface area contributed by atoms with Crippen LogP contribution in [0.3, 0.4) is 0 Å². The molecule has 0 bridgehead atoms. The Balaban J connectivity index is 2.39. The van der Waals surface area contributed by atoms with E-state index >= 15 is 0 Å². The maximum absolute atomic E-state index is 6.15. The van der Waals surface area contributed by atoms with Gasteiger partial charge in [0.1, 0.15) is 0 Å². The van der Waals surface area contributed by atoms with Crippen molar-refractivity contribution < 1.29 is 0 Å². The summed E-state index contributed by atoms with van der Waals surface area (Å²) in [4.78, 5) is 4.20. The second-order valence-corrected chi connectivity index (χ2v) is 3.47. The number of hydrogen-bond acceptors (Lipinski definition) is 1. The molecule has 0 radical (unpaired) electrons. The van der Waals surface area contributed by atoms with Crippen LogP contribution in [0, 0.1) is 0 Å². The Kier molecular flexibility index (Phi) is 4.55. The van der Waals surface area contributed by atoms with E-state index in [9.17, 15) is 0 Å². The van der Waals surface area contributed by atoms with E-state index in [2.05, 4.69) is 11.6 Å². The van der Waals surface area contributed by atoms with Gasteiger partial charge in [-0.3, -0.25) is 4.98 Å². The number of nitrogens with zero attached hydrogens (tertiary/aromatic N) is 1. The molecule has 1 unspecified atom stereocenters. The normalized spacial score (nSPS) is 12.4. The lowest BCUT2D eigenvalue weighted by Gasteiger charge is -2.06. The standard InChI is InChI=1S/C11H14ClN/c1-2-3-4-7-10(12)11-8-5-6-9-13-11/h2,5-6,8-10H,1,3-4,7H2. The molecular formula is C11H14ClN. The molecule has 0 amide bonds. The number of unbranched alkanes of at least 4 members (excludes halogenated alkanes) is 1. The van der Waals surface area contributed by atoms with Crippen molar-refractivity contribution in [3.05, 3.63) is 42.7 Å². The fourth-order valence-electron chi connectivity index (χ4n) is 1.15. The Labute approximate surface area is 84.5 Å². The minimum absolute atomic E-state index is 0.0427. The van der Waals surface area contributed by atoms with Crippen molar-refractivity contribution in [3.8, 4) is 0 Å². The SMILES string of the molecule is C=CCCCC(Cl)c1ccccn1. The number of alkyl halides is 1. The molecule has 1 atom stereocenters. The van der Waals surface area contributed by atoms with E-state index in [0.29, 0.717) is 0 Å². The average molecular weight is 196 g/mol. The summed E-state index contributed by atoms with van der Waals surface area (Å²) in [7, 11) is 0. The zero-order chi connectivity index (χ0) is 9.52. The van der Waals surface area contributed by atoms with E-state index in [4.69, 9.17) is 11.6 Å². The largest absolute Gasteiger partial charge is 0.260 e. The molecule has 0 aliphatic carbocycles. The van der Waals surface area contributed by atoms with Crippen LogP contribution in [0.4, 0.5) is 0 Å². The summed E-state index contributed by atoms with van der Waals surface area (Å²) in [5.74, 6) is 0. The fourth-order valence-corrected chi connectivity index (χ4v) is 1.43. The molecule has 0 saturated carbocycles. The zero-order valence-electron chi connectivity index (χ0n) is 7.62. The predicted octanol–water partition coefficient (Wildman–Crippen LogP) is 3.72. The van der Waals surface area contributed by atoms with E-state index in [1.165, 1.54) is 0 Å². The monoisotopic (exact) mass is 195 g/mol. The number of hydrogen-bond donors (Lipinski definition) is 0. The fraction of sp³-hybridized carbons (Fsp3) is 0.364. The Hall–Kier alpha value is -0.820. The molecule has 0 aromatic carbocycles. The minimum Gasteiger partial charge on any atom is -0.260 e. The van der Waals surface area contributed by atoms with Gasteiger partial charge >= 0.3 is 0 Å². The van der Waals surface area contributed by atoms with Crippen LogP contribution in [-0.4, -0.2) is 4.98 Å². The molecule has 70 valence electrons. The van der Waals surface area contributed by atoms with Gasteiger partial charge in [-0.05, 0) is 31.4 Å². The summed E-state index contributed by atoms with van der Waals surface area (Å²) in [5, 5.41) is 0.0427. The first-order valence-corrected chi connectivity index (χ1v) is 4.94. The number of rotatable bonds is 5. The first-order valence-electron chi connectivity index (χ1n) is 4.50. The van der Waals surface area contributed by atoms with Crippen molar-refractivity contribution >= 4 is 11.6 Å². The van der Waals surface area contributed by atoms with Crippen molar-refractivity contribution in [3.63, 3.8) is 0 Å². The minimum atomic E-state index is 0.0427. The predicted molar refractivity (Wildman–Crippen MR) is 56.9 cm³/mol. The highest BCUT2D eigenvalue weighted by Crippen LogP contribution is 2.23. The second kappa shape index (κ2) is 5.76. The van der Waals surface area contributed by atoms with Crippen molar-refractivity contribution in [2.45, 2.75) is 24.6 Å². The Morgan fingerprint density at radius 3 is 3.00 bits per heavy atom. The van der Waals surface area contributed by atoms with Gasteiger partial charge in [-0.15, -0.1) is 18.2 Å². The first-order chi connectivity index (χ1) is 6.34. The zero-order valence-corrected chi connectivity index (χ0v) is 8.37. The maximum atomic E-state index is 6.15. The third kappa shape index (κ3) is 3.60. The highest BCUT2D eigenvalue weighted by Gasteiger charge is 2.06. The molecule has 1 heterocycles. The van der Waals surface area contributed by atoms with Gasteiger partial charge in [0.15, 0.2) is 0 Å². The molecule has 0 fully saturated rings. The second-order valence-electron chi connectivity index (χ2n) is 2.94. The van der Waals surface area contributed by atoms with Crippen LogP contribution in [0.1, 0.15) is 30.3 Å². The number of allylic oxidation sites excluding steroid dienone is 1. The van der Waals surface area contributed by atoms with Crippen molar-refractivity contribution in [1.82, 2.24) is 4.98 Å². The topological polar surface area (TPSA) is 12.9 Å². The summed E-state index contributed by atoms with van der Waals surface area (Å²) in [6.45, 7) is 3.67. The van der Waals surface area contributed by atoms with Gasteiger partial charge in [0.2, 0.25) is 0 Å². The van der Waals surface area contributed by atoms with Crippen LogP contribution in [0.2, 0.25) is 0 Å². The van der Waals surface area contributed by atoms with Crippen LogP contribution < -0.4 is 0 Å². The molecular weight excluding hydrogens is 182 g/mol. The highest BCUT2D eigenvalue weighted by atomic mass is 35.5. The molecule has 1 rings (SSSR count). The molecule has 1 nitrogen and oxygen atoms in total. The summed E-state index contributed by atoms with van der Waals surface area (Å²) < 4.78 is 0. The smallest absolute Gasteiger partial charge is 0.0757 e. The van der Waals surface area contributed by atoms with Gasteiger partial charge in [0.25, 0.3) is 0 Å². The van der Waals surface area contributed by atoms with Gasteiger partial charge < -0.3 is 0 Å². The molecule has 0 saturated heterocycles. The summed E-state index contributed by atoms with van der Waals surface area (Å²) in [6.07, 6.45) is 6.76. The lowest BCUT2D eigenvalue weighted by Crippen LogP contribution is -1.93. The van der Waals surface area contributed by atoms with E-state index in [0.717, 1.165) is 25.0 Å². The van der Waals surface area contributed by atoms with Gasteiger partial charge in [-0.2, -0.15) is 0 Å². The third-order valence-electron chi connectivity index (χ3n) is 1.87. The van der Waals surface area contributed by atoms with E-state index < -0.39 is 0 Å². The van der Waals surface area contributed by atoms with Crippen LogP contribution in [0.25, 0.3) is 0 Å². The molecule has 0 spiro atoms. The van der Waals surface area contributed by atoms with E-state index in [1.54, 1.807) is 6.20 Å². The van der Waals surface area contributed by atoms with Crippen LogP contribution in [0.5, 0.6) is 0 Å². The van der Waals surface area contributed by atoms with Crippen LogP contribution >= 0.6 is 11.6 Å². The van der Waals surface area contributed by atoms with E-state index in [1.807, 2.05) is 24.3 Å². The quantitative estimate of drug-likeness (QED) is 0.397. The van der Waals surface area contributed by atoms with Gasteiger partial charge in [-0.25, -0.2) is 0 Å². The van der Waals surface area contributed by atoms with Crippen molar-refractivity contribution in [1.29, 1.82) is 0 Å². The molecule has 0 aliphatic rings. The maximum Gasteiger partial charge on any atom is 0.0757 e. The summed E-state index contributed by atoms with van der Waals surface area (Å²) in [5.41, 5.74) is 0.966.